The molecule has 0 aromatic carbocycles. The molecule has 1 fully saturated rings. The third kappa shape index (κ3) is 3.59. The minimum Gasteiger partial charge on any atom is -0.338 e. The lowest BCUT2D eigenvalue weighted by Gasteiger charge is -2.25. The molecule has 3 rings (SSSR count). The minimum atomic E-state index is 0.0157. The van der Waals surface area contributed by atoms with E-state index >= 15 is 0 Å². The number of hydrogen-bond donors (Lipinski definition) is 1. The van der Waals surface area contributed by atoms with Gasteiger partial charge in [0.2, 0.25) is 0 Å². The average molecular weight is 336 g/mol. The maximum atomic E-state index is 12.4. The monoisotopic (exact) mass is 335 g/mol. The molecule has 0 aliphatic carbocycles. The number of amides is 2. The van der Waals surface area contributed by atoms with Gasteiger partial charge in [0.15, 0.2) is 0 Å². The fourth-order valence-electron chi connectivity index (χ4n) is 2.82. The molecule has 0 bridgehead atoms. The summed E-state index contributed by atoms with van der Waals surface area (Å²) in [6.07, 6.45) is 6.43. The van der Waals surface area contributed by atoms with Crippen molar-refractivity contribution >= 4 is 29.0 Å². The van der Waals surface area contributed by atoms with E-state index in [-0.39, 0.29) is 12.1 Å². The van der Waals surface area contributed by atoms with Crippen LogP contribution in [0.3, 0.4) is 0 Å². The number of nitrogens with zero attached hydrogens (tertiary/aromatic N) is 2. The first-order chi connectivity index (χ1) is 10.7. The first-order valence-corrected chi connectivity index (χ1v) is 8.62. The van der Waals surface area contributed by atoms with E-state index in [0.29, 0.717) is 6.54 Å². The highest BCUT2D eigenvalue weighted by Crippen LogP contribution is 2.31. The summed E-state index contributed by atoms with van der Waals surface area (Å²) in [5.41, 5.74) is 1.16. The number of rotatable bonds is 4. The van der Waals surface area contributed by atoms with Gasteiger partial charge in [-0.25, -0.2) is 4.79 Å². The van der Waals surface area contributed by atoms with E-state index in [0.717, 1.165) is 35.7 Å². The third-order valence-corrected chi connectivity index (χ3v) is 5.17. The van der Waals surface area contributed by atoms with Gasteiger partial charge in [0.25, 0.3) is 0 Å². The Labute approximate surface area is 139 Å². The van der Waals surface area contributed by atoms with E-state index in [9.17, 15) is 4.79 Å². The smallest absolute Gasteiger partial charge is 0.317 e. The van der Waals surface area contributed by atoms with E-state index < -0.39 is 0 Å². The summed E-state index contributed by atoms with van der Waals surface area (Å²) in [6.45, 7) is 1.44. The summed E-state index contributed by atoms with van der Waals surface area (Å²) in [5.74, 6) is 0. The van der Waals surface area contributed by atoms with Crippen LogP contribution in [0.15, 0.2) is 36.7 Å². The lowest BCUT2D eigenvalue weighted by atomic mass is 10.1. The van der Waals surface area contributed by atoms with Gasteiger partial charge in [-0.15, -0.1) is 11.3 Å². The van der Waals surface area contributed by atoms with Crippen molar-refractivity contribution < 1.29 is 4.79 Å². The zero-order chi connectivity index (χ0) is 15.4. The summed E-state index contributed by atoms with van der Waals surface area (Å²) in [7, 11) is 0. The molecule has 1 N–H and O–H groups in total. The number of nitrogens with one attached hydrogen (secondary N) is 1. The molecule has 0 radical (unpaired) electrons. The summed E-state index contributed by atoms with van der Waals surface area (Å²) in [6, 6.07) is 8.06. The van der Waals surface area contributed by atoms with Gasteiger partial charge in [-0.3, -0.25) is 4.98 Å². The number of hydrogen-bond acceptors (Lipinski definition) is 3. The second-order valence-electron chi connectivity index (χ2n) is 5.32. The van der Waals surface area contributed by atoms with Crippen molar-refractivity contribution in [2.45, 2.75) is 25.3 Å². The first kappa shape index (κ1) is 15.3. The molecule has 4 nitrogen and oxygen atoms in total. The van der Waals surface area contributed by atoms with Gasteiger partial charge >= 0.3 is 6.03 Å². The Morgan fingerprint density at radius 2 is 2.18 bits per heavy atom. The maximum absolute atomic E-state index is 12.4. The predicted molar refractivity (Wildman–Crippen MR) is 89.3 cm³/mol. The van der Waals surface area contributed by atoms with Gasteiger partial charge in [-0.05, 0) is 49.1 Å². The molecule has 2 aromatic heterocycles. The zero-order valence-electron chi connectivity index (χ0n) is 12.2. The molecule has 0 spiro atoms. The second kappa shape index (κ2) is 7.11. The van der Waals surface area contributed by atoms with Gasteiger partial charge in [0.1, 0.15) is 0 Å². The molecule has 1 aliphatic rings. The van der Waals surface area contributed by atoms with E-state index in [1.54, 1.807) is 23.7 Å². The Morgan fingerprint density at radius 1 is 1.36 bits per heavy atom. The third-order valence-electron chi connectivity index (χ3n) is 3.88. The molecule has 0 saturated carbocycles. The Hall–Kier alpha value is -1.59. The fraction of sp³-hybridized carbons (Fsp3) is 0.375. The van der Waals surface area contributed by atoms with Crippen LogP contribution < -0.4 is 5.32 Å². The number of pyridine rings is 1. The van der Waals surface area contributed by atoms with E-state index in [2.05, 4.69) is 10.3 Å². The highest BCUT2D eigenvalue weighted by atomic mass is 35.5. The van der Waals surface area contributed by atoms with Gasteiger partial charge in [0.05, 0.1) is 10.4 Å². The van der Waals surface area contributed by atoms with Crippen LogP contribution in [0.25, 0.3) is 0 Å². The highest BCUT2D eigenvalue weighted by Gasteiger charge is 2.29. The molecule has 1 saturated heterocycles. The summed E-state index contributed by atoms with van der Waals surface area (Å²) >= 11 is 7.47. The highest BCUT2D eigenvalue weighted by molar-refractivity contribution is 7.16. The number of likely N-dealkylation sites (tertiary alicyclic amines) is 1. The van der Waals surface area contributed by atoms with Crippen LogP contribution in [-0.4, -0.2) is 29.0 Å². The van der Waals surface area contributed by atoms with Gasteiger partial charge < -0.3 is 10.2 Å². The lowest BCUT2D eigenvalue weighted by molar-refractivity contribution is 0.193. The van der Waals surface area contributed by atoms with Gasteiger partial charge in [-0.2, -0.15) is 0 Å². The predicted octanol–water partition coefficient (Wildman–Crippen LogP) is 3.89. The van der Waals surface area contributed by atoms with Crippen LogP contribution in [0, 0.1) is 0 Å². The lowest BCUT2D eigenvalue weighted by Crippen LogP contribution is -2.40. The maximum Gasteiger partial charge on any atom is 0.317 e. The van der Waals surface area contributed by atoms with Crippen LogP contribution in [-0.2, 0) is 6.42 Å². The van der Waals surface area contributed by atoms with Crippen molar-refractivity contribution in [3.8, 4) is 0 Å². The molecule has 2 aromatic rings. The molecule has 1 aliphatic heterocycles. The fourth-order valence-corrected chi connectivity index (χ4v) is 3.91. The molecule has 6 heteroatoms. The Kier molecular flexibility index (Phi) is 4.95. The summed E-state index contributed by atoms with van der Waals surface area (Å²) in [5, 5.41) is 3.02. The zero-order valence-corrected chi connectivity index (χ0v) is 13.7. The molecule has 22 heavy (non-hydrogen) atoms. The second-order valence-corrected chi connectivity index (χ2v) is 7.12. The number of urea groups is 1. The number of halogens is 1. The van der Waals surface area contributed by atoms with Crippen LogP contribution in [0.2, 0.25) is 4.34 Å². The molecular weight excluding hydrogens is 318 g/mol. The van der Waals surface area contributed by atoms with Gasteiger partial charge in [0, 0.05) is 30.4 Å². The summed E-state index contributed by atoms with van der Waals surface area (Å²) in [4.78, 5) is 19.6. The molecule has 2 amide bonds. The Morgan fingerprint density at radius 3 is 2.91 bits per heavy atom. The number of aromatic nitrogens is 1. The summed E-state index contributed by atoms with van der Waals surface area (Å²) < 4.78 is 0.790. The molecule has 3 heterocycles. The Balaban J connectivity index is 1.55. The molecule has 0 unspecified atom stereocenters. The van der Waals surface area contributed by atoms with Crippen LogP contribution in [0.5, 0.6) is 0 Å². The van der Waals surface area contributed by atoms with Crippen molar-refractivity contribution in [2.24, 2.45) is 0 Å². The number of thiophene rings is 1. The minimum absolute atomic E-state index is 0.0157. The van der Waals surface area contributed by atoms with Gasteiger partial charge in [-0.1, -0.05) is 11.6 Å². The van der Waals surface area contributed by atoms with Crippen molar-refractivity contribution in [3.63, 3.8) is 0 Å². The topological polar surface area (TPSA) is 45.2 Å². The Bertz CT molecular complexity index is 631. The van der Waals surface area contributed by atoms with Crippen molar-refractivity contribution in [3.05, 3.63) is 51.4 Å². The first-order valence-electron chi connectivity index (χ1n) is 7.42. The van der Waals surface area contributed by atoms with Crippen molar-refractivity contribution in [1.82, 2.24) is 15.2 Å². The molecule has 116 valence electrons. The van der Waals surface area contributed by atoms with E-state index in [4.69, 9.17) is 11.6 Å². The van der Waals surface area contributed by atoms with Crippen molar-refractivity contribution in [2.75, 3.05) is 13.1 Å². The molecule has 1 atom stereocenters. The normalized spacial score (nSPS) is 17.7. The number of carbonyl (C=O) groups excluding carboxylic acids is 1. The largest absolute Gasteiger partial charge is 0.338 e. The standard InChI is InChI=1S/C16H18ClN3OS/c17-15-4-3-13(22-15)7-10-19-16(21)20-11-1-2-14(20)12-5-8-18-9-6-12/h3-6,8-9,14H,1-2,7,10-11H2,(H,19,21)/t14-/m0/s1. The van der Waals surface area contributed by atoms with Crippen LogP contribution in [0.4, 0.5) is 4.79 Å². The van der Waals surface area contributed by atoms with E-state index in [1.165, 1.54) is 4.88 Å². The van der Waals surface area contributed by atoms with E-state index in [1.807, 2.05) is 29.2 Å². The SMILES string of the molecule is O=C(NCCc1ccc(Cl)s1)N1CCC[C@H]1c1ccncc1. The average Bonchev–Trinajstić information content (AvgIpc) is 3.17. The van der Waals surface area contributed by atoms with Crippen LogP contribution in [0.1, 0.15) is 29.3 Å². The number of carbonyl (C=O) groups is 1. The van der Waals surface area contributed by atoms with Crippen LogP contribution >= 0.6 is 22.9 Å². The van der Waals surface area contributed by atoms with Crippen molar-refractivity contribution in [1.29, 1.82) is 0 Å². The quantitative estimate of drug-likeness (QED) is 0.921. The molecular formula is C16H18ClN3OS.